The fraction of sp³-hybridized carbons (Fsp3) is 0.400. The molecule has 3 aromatic rings. The topological polar surface area (TPSA) is 67.5 Å². The van der Waals surface area contributed by atoms with Crippen LogP contribution in [0.15, 0.2) is 35.6 Å². The van der Waals surface area contributed by atoms with E-state index in [9.17, 15) is 13.2 Å². The lowest BCUT2D eigenvalue weighted by Crippen LogP contribution is -2.27. The molecule has 0 radical (unpaired) electrons. The highest BCUT2D eigenvalue weighted by molar-refractivity contribution is 5.96. The average Bonchev–Trinajstić information content (AvgIpc) is 3.27. The van der Waals surface area contributed by atoms with Crippen LogP contribution in [-0.2, 0) is 0 Å². The second kappa shape index (κ2) is 7.46. The van der Waals surface area contributed by atoms with E-state index in [-0.39, 0.29) is 19.7 Å². The van der Waals surface area contributed by atoms with E-state index in [0.717, 1.165) is 22.7 Å². The van der Waals surface area contributed by atoms with Crippen molar-refractivity contribution in [2.75, 3.05) is 18.5 Å². The van der Waals surface area contributed by atoms with E-state index in [1.54, 1.807) is 16.9 Å². The summed E-state index contributed by atoms with van der Waals surface area (Å²) in [7, 11) is 0. The summed E-state index contributed by atoms with van der Waals surface area (Å²) in [6, 6.07) is 5.58. The van der Waals surface area contributed by atoms with Gasteiger partial charge >= 0.3 is 0 Å². The Bertz CT molecular complexity index is 1080. The van der Waals surface area contributed by atoms with Crippen molar-refractivity contribution in [1.82, 2.24) is 19.6 Å². The molecule has 4 rings (SSSR count). The predicted octanol–water partition coefficient (Wildman–Crippen LogP) is 5.04. The third-order valence-electron chi connectivity index (χ3n) is 5.15. The van der Waals surface area contributed by atoms with Crippen molar-refractivity contribution in [3.63, 3.8) is 0 Å². The molecule has 3 aromatic heterocycles. The summed E-state index contributed by atoms with van der Waals surface area (Å²) in [6.07, 6.45) is 3.40. The van der Waals surface area contributed by atoms with Crippen LogP contribution in [0.3, 0.4) is 0 Å². The highest BCUT2D eigenvalue weighted by atomic mass is 19.3. The number of nitrogens with one attached hydrogen (secondary N) is 1. The third-order valence-corrected chi connectivity index (χ3v) is 5.15. The normalized spacial score (nSPS) is 16.2. The molecule has 0 fully saturated rings. The molecule has 0 bridgehead atoms. The van der Waals surface area contributed by atoms with Gasteiger partial charge in [0, 0.05) is 31.2 Å². The van der Waals surface area contributed by atoms with Crippen LogP contribution in [0.4, 0.5) is 24.8 Å². The third kappa shape index (κ3) is 3.68. The molecular weight excluding hydrogens is 381 g/mol. The van der Waals surface area contributed by atoms with Crippen molar-refractivity contribution in [2.24, 2.45) is 4.99 Å². The molecule has 4 heterocycles. The van der Waals surface area contributed by atoms with E-state index in [2.05, 4.69) is 20.4 Å². The Morgan fingerprint density at radius 2 is 2.10 bits per heavy atom. The summed E-state index contributed by atoms with van der Waals surface area (Å²) in [5.41, 5.74) is 4.63. The zero-order chi connectivity index (χ0) is 20.6. The lowest BCUT2D eigenvalue weighted by atomic mass is 9.98. The number of aromatic nitrogens is 4. The molecule has 0 aromatic carbocycles. The average molecular weight is 404 g/mol. The number of hydrogen-bond acceptors (Lipinski definition) is 5. The first-order valence-corrected chi connectivity index (χ1v) is 9.50. The number of fused-ring (bicyclic) bond motifs is 2. The zero-order valence-electron chi connectivity index (χ0n) is 16.2. The van der Waals surface area contributed by atoms with Crippen molar-refractivity contribution in [1.29, 1.82) is 0 Å². The van der Waals surface area contributed by atoms with Crippen LogP contribution in [0.2, 0.25) is 0 Å². The van der Waals surface area contributed by atoms with Gasteiger partial charge in [-0.15, -0.1) is 5.10 Å². The molecule has 0 amide bonds. The Hall–Kier alpha value is -2.97. The first kappa shape index (κ1) is 19.4. The maximum absolute atomic E-state index is 13.4. The first-order valence-electron chi connectivity index (χ1n) is 9.50. The zero-order valence-corrected chi connectivity index (χ0v) is 16.2. The molecule has 0 saturated carbocycles. The van der Waals surface area contributed by atoms with E-state index in [0.29, 0.717) is 17.6 Å². The van der Waals surface area contributed by atoms with E-state index < -0.39 is 19.1 Å². The van der Waals surface area contributed by atoms with E-state index >= 15 is 0 Å². The second-order valence-corrected chi connectivity index (χ2v) is 7.09. The summed E-state index contributed by atoms with van der Waals surface area (Å²) in [5, 5.41) is 6.83. The number of rotatable bonds is 7. The number of nitrogens with zero attached hydrogens (tertiary/aromatic N) is 5. The molecule has 29 heavy (non-hydrogen) atoms. The number of aliphatic imine (C=N–C) groups is 1. The molecule has 0 aliphatic carbocycles. The smallest absolute Gasteiger partial charge is 0.264 e. The molecule has 0 spiro atoms. The van der Waals surface area contributed by atoms with Crippen LogP contribution in [-0.4, -0.2) is 44.4 Å². The number of anilines is 1. The van der Waals surface area contributed by atoms with Crippen molar-refractivity contribution >= 4 is 22.9 Å². The Morgan fingerprint density at radius 3 is 2.86 bits per heavy atom. The van der Waals surface area contributed by atoms with Crippen LogP contribution < -0.4 is 5.32 Å². The van der Waals surface area contributed by atoms with Crippen LogP contribution >= 0.6 is 0 Å². The summed E-state index contributed by atoms with van der Waals surface area (Å²) in [6.45, 7) is 2.36. The van der Waals surface area contributed by atoms with Crippen molar-refractivity contribution in [3.8, 4) is 11.3 Å². The Balaban J connectivity index is 0.00000256. The van der Waals surface area contributed by atoms with Gasteiger partial charge in [0.2, 0.25) is 5.95 Å². The highest BCUT2D eigenvalue weighted by Crippen LogP contribution is 2.38. The van der Waals surface area contributed by atoms with Gasteiger partial charge in [0.25, 0.3) is 5.92 Å². The van der Waals surface area contributed by atoms with Gasteiger partial charge in [-0.1, -0.05) is 6.92 Å². The van der Waals surface area contributed by atoms with Gasteiger partial charge in [-0.05, 0) is 31.5 Å². The number of halogens is 3. The van der Waals surface area contributed by atoms with E-state index in [1.165, 1.54) is 6.92 Å². The summed E-state index contributed by atoms with van der Waals surface area (Å²) >= 11 is 0. The molecule has 1 aliphatic heterocycles. The minimum absolute atomic E-state index is 0. The molecule has 6 nitrogen and oxygen atoms in total. The number of pyridine rings is 1. The van der Waals surface area contributed by atoms with Gasteiger partial charge in [0.15, 0.2) is 0 Å². The second-order valence-electron chi connectivity index (χ2n) is 7.09. The van der Waals surface area contributed by atoms with Gasteiger partial charge in [0.05, 0.1) is 42.0 Å². The Labute approximate surface area is 167 Å². The van der Waals surface area contributed by atoms with Crippen molar-refractivity contribution in [3.05, 3.63) is 36.3 Å². The van der Waals surface area contributed by atoms with Crippen LogP contribution in [0.5, 0.6) is 0 Å². The standard InChI is InChI=1S/C20H21F3N6.H2/c1-3-20(22,23)11-25-19-24-10-17-14(7-9-29(17)28-19)15-4-5-16-18(27-15)13(6-8-21)12(2)26-16;/h4-5,7,9-10,13H,3,6,8,11H2,1-2H3,(H,25,28);1H. The molecule has 9 heteroatoms. The Kier molecular flexibility index (Phi) is 4.97. The summed E-state index contributed by atoms with van der Waals surface area (Å²) in [5.74, 6) is -2.80. The molecule has 1 aliphatic rings. The van der Waals surface area contributed by atoms with Gasteiger partial charge < -0.3 is 5.32 Å². The van der Waals surface area contributed by atoms with Crippen LogP contribution in [0, 0.1) is 0 Å². The van der Waals surface area contributed by atoms with E-state index in [4.69, 9.17) is 4.98 Å². The number of alkyl halides is 3. The fourth-order valence-corrected chi connectivity index (χ4v) is 3.42. The monoisotopic (exact) mass is 404 g/mol. The van der Waals surface area contributed by atoms with E-state index in [1.807, 2.05) is 25.1 Å². The van der Waals surface area contributed by atoms with Crippen LogP contribution in [0.25, 0.3) is 16.8 Å². The Morgan fingerprint density at radius 1 is 1.28 bits per heavy atom. The highest BCUT2D eigenvalue weighted by Gasteiger charge is 2.27. The minimum atomic E-state index is -2.81. The fourth-order valence-electron chi connectivity index (χ4n) is 3.42. The first-order chi connectivity index (χ1) is 13.9. The maximum atomic E-state index is 13.4. The molecule has 1 unspecified atom stereocenters. The minimum Gasteiger partial charge on any atom is -0.347 e. The van der Waals surface area contributed by atoms with Crippen molar-refractivity contribution < 1.29 is 14.6 Å². The number of hydrogen-bond donors (Lipinski definition) is 1. The molecule has 0 saturated heterocycles. The van der Waals surface area contributed by atoms with Gasteiger partial charge in [-0.25, -0.2) is 23.3 Å². The van der Waals surface area contributed by atoms with Gasteiger partial charge in [-0.2, -0.15) is 0 Å². The lowest BCUT2D eigenvalue weighted by molar-refractivity contribution is 0.0114. The molecule has 154 valence electrons. The van der Waals surface area contributed by atoms with Gasteiger partial charge in [0.1, 0.15) is 0 Å². The largest absolute Gasteiger partial charge is 0.347 e. The summed E-state index contributed by atoms with van der Waals surface area (Å²) < 4.78 is 41.4. The molecule has 1 N–H and O–H groups in total. The van der Waals surface area contributed by atoms with Crippen LogP contribution in [0.1, 0.15) is 39.7 Å². The van der Waals surface area contributed by atoms with Crippen molar-refractivity contribution in [2.45, 2.75) is 38.5 Å². The molecular formula is C20H23F3N6. The predicted molar refractivity (Wildman–Crippen MR) is 108 cm³/mol. The maximum Gasteiger partial charge on any atom is 0.264 e. The quantitative estimate of drug-likeness (QED) is 0.599. The van der Waals surface area contributed by atoms with Gasteiger partial charge in [-0.3, -0.25) is 9.38 Å². The summed E-state index contributed by atoms with van der Waals surface area (Å²) in [4.78, 5) is 13.4. The lowest BCUT2D eigenvalue weighted by Gasteiger charge is -2.14. The SMILES string of the molecule is CCC(F)(F)CNc1ncc2c(-c3ccc4c(n3)C(CCF)C(C)=N4)ccn2n1.[HH]. The molecule has 1 atom stereocenters.